The zero-order chi connectivity index (χ0) is 13.1. The highest BCUT2D eigenvalue weighted by atomic mass is 35.5. The van der Waals surface area contributed by atoms with Gasteiger partial charge in [-0.1, -0.05) is 29.3 Å². The van der Waals surface area contributed by atoms with Crippen LogP contribution in [0, 0.1) is 11.3 Å². The average molecular weight is 280 g/mol. The summed E-state index contributed by atoms with van der Waals surface area (Å²) in [6.07, 6.45) is 1.67. The maximum Gasteiger partial charge on any atom is 0.268 e. The van der Waals surface area contributed by atoms with Gasteiger partial charge in [-0.25, -0.2) is 4.98 Å². The summed E-state index contributed by atoms with van der Waals surface area (Å²) in [6, 6.07) is 6.95. The first-order valence-corrected chi connectivity index (χ1v) is 5.78. The van der Waals surface area contributed by atoms with Crippen molar-refractivity contribution in [2.45, 2.75) is 6.42 Å². The van der Waals surface area contributed by atoms with E-state index < -0.39 is 5.56 Å². The van der Waals surface area contributed by atoms with E-state index in [-0.39, 0.29) is 5.56 Å². The van der Waals surface area contributed by atoms with Crippen LogP contribution in [0.4, 0.5) is 0 Å². The van der Waals surface area contributed by atoms with E-state index in [4.69, 9.17) is 28.5 Å². The Balaban J connectivity index is 2.29. The van der Waals surface area contributed by atoms with Crippen LogP contribution in [0.15, 0.2) is 29.2 Å². The molecule has 0 unspecified atom stereocenters. The average Bonchev–Trinajstić information content (AvgIpc) is 2.34. The van der Waals surface area contributed by atoms with Crippen molar-refractivity contribution >= 4 is 23.2 Å². The lowest BCUT2D eigenvalue weighted by Crippen LogP contribution is -2.14. The molecule has 0 amide bonds. The number of aromatic amines is 1. The Morgan fingerprint density at radius 1 is 1.33 bits per heavy atom. The summed E-state index contributed by atoms with van der Waals surface area (Å²) in [5.74, 6) is 0.470. The minimum Gasteiger partial charge on any atom is -0.309 e. The molecule has 1 aromatic carbocycles. The maximum absolute atomic E-state index is 11.4. The van der Waals surface area contributed by atoms with Crippen LogP contribution in [-0.2, 0) is 6.42 Å². The smallest absolute Gasteiger partial charge is 0.268 e. The highest BCUT2D eigenvalue weighted by molar-refractivity contribution is 6.42. The monoisotopic (exact) mass is 279 g/mol. The van der Waals surface area contributed by atoms with Crippen molar-refractivity contribution < 1.29 is 0 Å². The Kier molecular flexibility index (Phi) is 3.66. The summed E-state index contributed by atoms with van der Waals surface area (Å²) in [6.45, 7) is 0. The summed E-state index contributed by atoms with van der Waals surface area (Å²) in [5.41, 5.74) is 0.424. The highest BCUT2D eigenvalue weighted by Crippen LogP contribution is 2.23. The normalized spacial score (nSPS) is 10.1. The summed E-state index contributed by atoms with van der Waals surface area (Å²) in [4.78, 5) is 18.0. The van der Waals surface area contributed by atoms with E-state index in [2.05, 4.69) is 9.97 Å². The molecule has 2 aromatic rings. The van der Waals surface area contributed by atoms with Gasteiger partial charge >= 0.3 is 0 Å². The van der Waals surface area contributed by atoms with E-state index in [1.54, 1.807) is 24.3 Å². The largest absolute Gasteiger partial charge is 0.309 e. The predicted molar refractivity (Wildman–Crippen MR) is 68.8 cm³/mol. The van der Waals surface area contributed by atoms with Crippen molar-refractivity contribution in [2.75, 3.05) is 0 Å². The van der Waals surface area contributed by atoms with Crippen LogP contribution in [0.1, 0.15) is 17.0 Å². The first kappa shape index (κ1) is 12.6. The number of rotatable bonds is 2. The molecule has 0 aliphatic heterocycles. The van der Waals surface area contributed by atoms with Gasteiger partial charge in [-0.15, -0.1) is 0 Å². The molecule has 6 heteroatoms. The van der Waals surface area contributed by atoms with Crippen LogP contribution >= 0.6 is 23.2 Å². The van der Waals surface area contributed by atoms with Gasteiger partial charge in [0.2, 0.25) is 0 Å². The molecule has 1 heterocycles. The summed E-state index contributed by atoms with van der Waals surface area (Å²) in [7, 11) is 0. The second-order valence-corrected chi connectivity index (χ2v) is 4.42. The number of nitrogens with one attached hydrogen (secondary N) is 1. The molecule has 90 valence electrons. The molecule has 2 rings (SSSR count). The topological polar surface area (TPSA) is 69.5 Å². The molecular formula is C12H7Cl2N3O. The number of halogens is 2. The SMILES string of the molecule is N#Cc1cnc(Cc2ccc(Cl)c(Cl)c2)[nH]c1=O. The predicted octanol–water partition coefficient (Wildman–Crippen LogP) is 2.54. The van der Waals surface area contributed by atoms with Crippen LogP contribution in [0.2, 0.25) is 10.0 Å². The van der Waals surface area contributed by atoms with Gasteiger partial charge in [0.25, 0.3) is 5.56 Å². The molecule has 0 radical (unpaired) electrons. The highest BCUT2D eigenvalue weighted by Gasteiger charge is 2.04. The number of H-pyrrole nitrogens is 1. The van der Waals surface area contributed by atoms with Crippen molar-refractivity contribution in [3.63, 3.8) is 0 Å². The van der Waals surface area contributed by atoms with Gasteiger partial charge in [0, 0.05) is 6.42 Å². The van der Waals surface area contributed by atoms with Crippen LogP contribution in [0.5, 0.6) is 0 Å². The van der Waals surface area contributed by atoms with E-state index in [0.29, 0.717) is 22.3 Å². The van der Waals surface area contributed by atoms with E-state index in [0.717, 1.165) is 5.56 Å². The van der Waals surface area contributed by atoms with Gasteiger partial charge in [0.15, 0.2) is 0 Å². The second-order valence-electron chi connectivity index (χ2n) is 3.61. The Hall–Kier alpha value is -1.83. The summed E-state index contributed by atoms with van der Waals surface area (Å²) in [5, 5.41) is 9.55. The van der Waals surface area contributed by atoms with Gasteiger partial charge in [-0.2, -0.15) is 5.26 Å². The standard InChI is InChI=1S/C12H7Cl2N3O/c13-9-2-1-7(3-10(9)14)4-11-16-6-8(5-15)12(18)17-11/h1-3,6H,4H2,(H,16,17,18). The van der Waals surface area contributed by atoms with Crippen LogP contribution in [0.25, 0.3) is 0 Å². The van der Waals surface area contributed by atoms with Gasteiger partial charge in [-0.3, -0.25) is 4.79 Å². The maximum atomic E-state index is 11.4. The van der Waals surface area contributed by atoms with Crippen molar-refractivity contribution in [3.8, 4) is 6.07 Å². The molecule has 0 aliphatic carbocycles. The van der Waals surface area contributed by atoms with Crippen molar-refractivity contribution in [2.24, 2.45) is 0 Å². The molecule has 0 saturated heterocycles. The molecule has 4 nitrogen and oxygen atoms in total. The van der Waals surface area contributed by atoms with E-state index >= 15 is 0 Å². The number of hydrogen-bond acceptors (Lipinski definition) is 3. The zero-order valence-electron chi connectivity index (χ0n) is 9.08. The molecule has 1 N–H and O–H groups in total. The third-order valence-electron chi connectivity index (χ3n) is 2.33. The molecule has 0 bridgehead atoms. The van der Waals surface area contributed by atoms with Gasteiger partial charge in [0.05, 0.1) is 16.2 Å². The van der Waals surface area contributed by atoms with E-state index in [9.17, 15) is 4.79 Å². The Labute approximate surface area is 113 Å². The van der Waals surface area contributed by atoms with Gasteiger partial charge < -0.3 is 4.98 Å². The van der Waals surface area contributed by atoms with Crippen LogP contribution < -0.4 is 5.56 Å². The number of hydrogen-bond donors (Lipinski definition) is 1. The molecule has 0 spiro atoms. The Morgan fingerprint density at radius 2 is 2.11 bits per heavy atom. The number of nitriles is 1. The first-order chi connectivity index (χ1) is 8.60. The third kappa shape index (κ3) is 2.70. The van der Waals surface area contributed by atoms with Crippen molar-refractivity contribution in [3.05, 3.63) is 61.7 Å². The minimum atomic E-state index is -0.442. The number of benzene rings is 1. The fourth-order valence-corrected chi connectivity index (χ4v) is 1.76. The zero-order valence-corrected chi connectivity index (χ0v) is 10.6. The molecular weight excluding hydrogens is 273 g/mol. The molecule has 0 aliphatic rings. The lowest BCUT2D eigenvalue weighted by molar-refractivity contribution is 0.939. The fraction of sp³-hybridized carbons (Fsp3) is 0.0833. The lowest BCUT2D eigenvalue weighted by atomic mass is 10.1. The molecule has 1 aromatic heterocycles. The Bertz CT molecular complexity index is 688. The van der Waals surface area contributed by atoms with E-state index in [1.807, 2.05) is 0 Å². The van der Waals surface area contributed by atoms with Gasteiger partial charge in [0.1, 0.15) is 17.5 Å². The number of aromatic nitrogens is 2. The summed E-state index contributed by atoms with van der Waals surface area (Å²) >= 11 is 11.7. The number of nitrogens with zero attached hydrogens (tertiary/aromatic N) is 2. The van der Waals surface area contributed by atoms with E-state index in [1.165, 1.54) is 6.20 Å². The van der Waals surface area contributed by atoms with Crippen LogP contribution in [0.3, 0.4) is 0 Å². The quantitative estimate of drug-likeness (QED) is 0.919. The molecule has 0 atom stereocenters. The fourth-order valence-electron chi connectivity index (χ4n) is 1.44. The van der Waals surface area contributed by atoms with Crippen molar-refractivity contribution in [1.82, 2.24) is 9.97 Å². The molecule has 0 fully saturated rings. The molecule has 18 heavy (non-hydrogen) atoms. The first-order valence-electron chi connectivity index (χ1n) is 5.02. The lowest BCUT2D eigenvalue weighted by Gasteiger charge is -2.03. The van der Waals surface area contributed by atoms with Crippen LogP contribution in [-0.4, -0.2) is 9.97 Å². The second kappa shape index (κ2) is 5.21. The Morgan fingerprint density at radius 3 is 2.72 bits per heavy atom. The molecule has 0 saturated carbocycles. The van der Waals surface area contributed by atoms with Gasteiger partial charge in [-0.05, 0) is 17.7 Å². The summed E-state index contributed by atoms with van der Waals surface area (Å²) < 4.78 is 0. The van der Waals surface area contributed by atoms with Crippen molar-refractivity contribution in [1.29, 1.82) is 5.26 Å². The third-order valence-corrected chi connectivity index (χ3v) is 3.07. The minimum absolute atomic E-state index is 0.00658.